The van der Waals surface area contributed by atoms with Gasteiger partial charge in [0.25, 0.3) is 0 Å². The molecule has 3 heterocycles. The summed E-state index contributed by atoms with van der Waals surface area (Å²) in [4.78, 5) is 19.9. The lowest BCUT2D eigenvalue weighted by atomic mass is 9.93. The predicted molar refractivity (Wildman–Crippen MR) is 111 cm³/mol. The molecule has 30 heavy (non-hydrogen) atoms. The van der Waals surface area contributed by atoms with E-state index in [1.807, 2.05) is 6.92 Å². The van der Waals surface area contributed by atoms with Crippen LogP contribution in [-0.4, -0.2) is 50.3 Å². The third-order valence-corrected chi connectivity index (χ3v) is 6.60. The van der Waals surface area contributed by atoms with Crippen molar-refractivity contribution >= 4 is 22.3 Å². The average molecular weight is 433 g/mol. The van der Waals surface area contributed by atoms with Gasteiger partial charge in [-0.15, -0.1) is 5.10 Å². The SMILES string of the molecule is CCOC(=O)C1CCN([C@@H](c2ccccc2F)c2sc3nc(CC)nn3c2O)CC1. The molecule has 0 unspecified atom stereocenters. The normalized spacial score (nSPS) is 16.8. The van der Waals surface area contributed by atoms with E-state index in [1.165, 1.54) is 21.9 Å². The van der Waals surface area contributed by atoms with Gasteiger partial charge in [-0.25, -0.2) is 9.37 Å². The molecule has 0 spiro atoms. The molecule has 1 aliphatic rings. The maximum atomic E-state index is 14.8. The summed E-state index contributed by atoms with van der Waals surface area (Å²) in [5.74, 6) is -0.00903. The molecule has 1 fully saturated rings. The number of nitrogens with zero attached hydrogens (tertiary/aromatic N) is 4. The van der Waals surface area contributed by atoms with Gasteiger partial charge in [0, 0.05) is 12.0 Å². The minimum absolute atomic E-state index is 0.0111. The number of hydrogen-bond acceptors (Lipinski definition) is 7. The maximum Gasteiger partial charge on any atom is 0.309 e. The largest absolute Gasteiger partial charge is 0.492 e. The summed E-state index contributed by atoms with van der Waals surface area (Å²) in [5.41, 5.74) is 0.489. The van der Waals surface area contributed by atoms with E-state index in [0.29, 0.717) is 60.2 Å². The molecule has 1 atom stereocenters. The summed E-state index contributed by atoms with van der Waals surface area (Å²) in [6.45, 7) is 5.31. The fourth-order valence-electron chi connectivity index (χ4n) is 3.97. The van der Waals surface area contributed by atoms with Crippen LogP contribution in [0.15, 0.2) is 24.3 Å². The Morgan fingerprint density at radius 2 is 2.07 bits per heavy atom. The second-order valence-electron chi connectivity index (χ2n) is 7.35. The summed E-state index contributed by atoms with van der Waals surface area (Å²) < 4.78 is 21.4. The van der Waals surface area contributed by atoms with Crippen molar-refractivity contribution in [2.45, 2.75) is 39.2 Å². The number of likely N-dealkylation sites (tertiary alicyclic amines) is 1. The molecule has 0 radical (unpaired) electrons. The van der Waals surface area contributed by atoms with Crippen molar-refractivity contribution < 1.29 is 19.0 Å². The highest BCUT2D eigenvalue weighted by Gasteiger charge is 2.35. The number of benzene rings is 1. The number of thiazole rings is 1. The van der Waals surface area contributed by atoms with Gasteiger partial charge in [0.15, 0.2) is 5.82 Å². The molecule has 7 nitrogen and oxygen atoms in total. The van der Waals surface area contributed by atoms with Gasteiger partial charge in [-0.1, -0.05) is 36.5 Å². The van der Waals surface area contributed by atoms with E-state index < -0.39 is 6.04 Å². The van der Waals surface area contributed by atoms with Crippen molar-refractivity contribution in [1.82, 2.24) is 19.5 Å². The number of aromatic nitrogens is 3. The number of ether oxygens (including phenoxy) is 1. The highest BCUT2D eigenvalue weighted by molar-refractivity contribution is 7.17. The van der Waals surface area contributed by atoms with Crippen LogP contribution in [0.3, 0.4) is 0 Å². The molecule has 1 saturated heterocycles. The number of hydrogen-bond donors (Lipinski definition) is 1. The van der Waals surface area contributed by atoms with Gasteiger partial charge in [0.05, 0.1) is 23.4 Å². The fraction of sp³-hybridized carbons (Fsp3) is 0.476. The number of carbonyl (C=O) groups is 1. The highest BCUT2D eigenvalue weighted by Crippen LogP contribution is 2.42. The molecular formula is C21H25FN4O3S. The van der Waals surface area contributed by atoms with Crippen molar-refractivity contribution in [2.75, 3.05) is 19.7 Å². The average Bonchev–Trinajstić information content (AvgIpc) is 3.29. The van der Waals surface area contributed by atoms with Gasteiger partial charge in [0.1, 0.15) is 5.82 Å². The van der Waals surface area contributed by atoms with E-state index in [2.05, 4.69) is 15.0 Å². The van der Waals surface area contributed by atoms with E-state index in [1.54, 1.807) is 25.1 Å². The predicted octanol–water partition coefficient (Wildman–Crippen LogP) is 3.56. The quantitative estimate of drug-likeness (QED) is 0.600. The van der Waals surface area contributed by atoms with E-state index >= 15 is 0 Å². The standard InChI is InChI=1S/C21H25FN4O3S/c1-3-16-23-21-26(24-16)19(27)18(30-21)17(14-7-5-6-8-15(14)22)25-11-9-13(10-12-25)20(28)29-4-2/h5-8,13,17,27H,3-4,9-12H2,1-2H3/t17-/m0/s1. The van der Waals surface area contributed by atoms with Crippen molar-refractivity contribution in [1.29, 1.82) is 0 Å². The molecular weight excluding hydrogens is 407 g/mol. The molecule has 0 aliphatic carbocycles. The Morgan fingerprint density at radius 3 is 2.70 bits per heavy atom. The number of esters is 1. The highest BCUT2D eigenvalue weighted by atomic mass is 32.1. The van der Waals surface area contributed by atoms with Crippen LogP contribution in [-0.2, 0) is 16.0 Å². The van der Waals surface area contributed by atoms with Crippen LogP contribution in [0.5, 0.6) is 5.88 Å². The maximum absolute atomic E-state index is 14.8. The summed E-state index contributed by atoms with van der Waals surface area (Å²) in [6, 6.07) is 6.13. The molecule has 9 heteroatoms. The molecule has 1 aromatic carbocycles. The van der Waals surface area contributed by atoms with E-state index in [-0.39, 0.29) is 23.6 Å². The van der Waals surface area contributed by atoms with E-state index in [4.69, 9.17) is 4.74 Å². The second kappa shape index (κ2) is 8.69. The van der Waals surface area contributed by atoms with Crippen LogP contribution in [0, 0.1) is 11.7 Å². The minimum atomic E-state index is -0.479. The summed E-state index contributed by atoms with van der Waals surface area (Å²) in [5, 5.41) is 15.3. The molecule has 4 rings (SSSR count). The molecule has 2 aromatic heterocycles. The third-order valence-electron chi connectivity index (χ3n) is 5.52. The Balaban J connectivity index is 1.69. The number of aryl methyl sites for hydroxylation is 1. The number of aromatic hydroxyl groups is 1. The number of fused-ring (bicyclic) bond motifs is 1. The molecule has 1 aliphatic heterocycles. The molecule has 3 aromatic rings. The zero-order valence-electron chi connectivity index (χ0n) is 17.0. The summed E-state index contributed by atoms with van der Waals surface area (Å²) >= 11 is 1.32. The lowest BCUT2D eigenvalue weighted by Gasteiger charge is -2.36. The number of piperidine rings is 1. The Kier molecular flexibility index (Phi) is 6.01. The van der Waals surface area contributed by atoms with Crippen LogP contribution >= 0.6 is 11.3 Å². The Morgan fingerprint density at radius 1 is 1.33 bits per heavy atom. The monoisotopic (exact) mass is 432 g/mol. The first-order valence-electron chi connectivity index (χ1n) is 10.3. The smallest absolute Gasteiger partial charge is 0.309 e. The van der Waals surface area contributed by atoms with Gasteiger partial charge < -0.3 is 9.84 Å². The van der Waals surface area contributed by atoms with Crippen LogP contribution < -0.4 is 0 Å². The topological polar surface area (TPSA) is 80.0 Å². The third kappa shape index (κ3) is 3.79. The first kappa shape index (κ1) is 20.7. The van der Waals surface area contributed by atoms with Crippen molar-refractivity contribution in [2.24, 2.45) is 5.92 Å². The van der Waals surface area contributed by atoms with Gasteiger partial charge in [-0.3, -0.25) is 9.69 Å². The molecule has 0 amide bonds. The van der Waals surface area contributed by atoms with Crippen molar-refractivity contribution in [3.05, 3.63) is 46.3 Å². The Bertz CT molecular complexity index is 1040. The first-order valence-corrected chi connectivity index (χ1v) is 11.1. The minimum Gasteiger partial charge on any atom is -0.492 e. The summed E-state index contributed by atoms with van der Waals surface area (Å²) in [7, 11) is 0. The van der Waals surface area contributed by atoms with Gasteiger partial charge >= 0.3 is 5.97 Å². The van der Waals surface area contributed by atoms with Gasteiger partial charge in [0.2, 0.25) is 10.8 Å². The zero-order valence-corrected chi connectivity index (χ0v) is 17.9. The van der Waals surface area contributed by atoms with Crippen LogP contribution in [0.2, 0.25) is 0 Å². The first-order chi connectivity index (χ1) is 14.5. The van der Waals surface area contributed by atoms with Crippen LogP contribution in [0.25, 0.3) is 4.96 Å². The number of rotatable bonds is 6. The Labute approximate surface area is 178 Å². The van der Waals surface area contributed by atoms with Gasteiger partial charge in [-0.05, 0) is 38.9 Å². The van der Waals surface area contributed by atoms with Crippen LogP contribution in [0.1, 0.15) is 49.0 Å². The second-order valence-corrected chi connectivity index (χ2v) is 8.36. The van der Waals surface area contributed by atoms with Crippen molar-refractivity contribution in [3.8, 4) is 5.88 Å². The molecule has 160 valence electrons. The molecule has 1 N–H and O–H groups in total. The number of halogens is 1. The van der Waals surface area contributed by atoms with E-state index in [0.717, 1.165) is 0 Å². The Hall–Kier alpha value is -2.52. The van der Waals surface area contributed by atoms with E-state index in [9.17, 15) is 14.3 Å². The lowest BCUT2D eigenvalue weighted by molar-refractivity contribution is -0.149. The van der Waals surface area contributed by atoms with Gasteiger partial charge in [-0.2, -0.15) is 4.52 Å². The fourth-order valence-corrected chi connectivity index (χ4v) is 5.10. The van der Waals surface area contributed by atoms with Crippen molar-refractivity contribution in [3.63, 3.8) is 0 Å². The zero-order chi connectivity index (χ0) is 21.3. The molecule has 0 saturated carbocycles. The summed E-state index contributed by atoms with van der Waals surface area (Å²) in [6.07, 6.45) is 1.93. The number of carbonyl (C=O) groups excluding carboxylic acids is 1. The lowest BCUT2D eigenvalue weighted by Crippen LogP contribution is -2.39. The van der Waals surface area contributed by atoms with Crippen LogP contribution in [0.4, 0.5) is 4.39 Å². The molecule has 0 bridgehead atoms.